The second kappa shape index (κ2) is 7.12. The molecule has 0 atom stereocenters. The molecule has 1 heterocycles. The van der Waals surface area contributed by atoms with Crippen molar-refractivity contribution in [1.82, 2.24) is 20.1 Å². The van der Waals surface area contributed by atoms with Crippen LogP contribution in [0.4, 0.5) is 0 Å². The Hall–Kier alpha value is -2.95. The molecule has 0 saturated heterocycles. The molecule has 4 rings (SSSR count). The first-order chi connectivity index (χ1) is 12.8. The third-order valence-corrected chi connectivity index (χ3v) is 5.35. The molecule has 1 N–H and O–H groups in total. The number of amides is 1. The van der Waals surface area contributed by atoms with Gasteiger partial charge in [-0.1, -0.05) is 43.2 Å². The minimum atomic E-state index is -0.0302. The van der Waals surface area contributed by atoms with Crippen LogP contribution < -0.4 is 5.32 Å². The molecule has 5 heteroatoms. The fourth-order valence-corrected chi connectivity index (χ4v) is 3.87. The number of carbonyl (C=O) groups is 1. The lowest BCUT2D eigenvalue weighted by molar-refractivity contribution is 0.0943. The van der Waals surface area contributed by atoms with Gasteiger partial charge < -0.3 is 5.32 Å². The summed E-state index contributed by atoms with van der Waals surface area (Å²) >= 11 is 0. The summed E-state index contributed by atoms with van der Waals surface area (Å²) in [5.41, 5.74) is 2.95. The molecule has 0 radical (unpaired) electrons. The third-order valence-electron chi connectivity index (χ3n) is 5.35. The molecule has 1 aliphatic carbocycles. The van der Waals surface area contributed by atoms with Crippen molar-refractivity contribution in [3.63, 3.8) is 0 Å². The summed E-state index contributed by atoms with van der Waals surface area (Å²) in [6.07, 6.45) is 7.82. The lowest BCUT2D eigenvalue weighted by Crippen LogP contribution is -2.39. The lowest BCUT2D eigenvalue weighted by atomic mass is 9.79. The quantitative estimate of drug-likeness (QED) is 0.769. The number of carbonyl (C=O) groups excluding carboxylic acids is 1. The van der Waals surface area contributed by atoms with Crippen molar-refractivity contribution in [2.45, 2.75) is 31.1 Å². The number of hydrogen-bond donors (Lipinski definition) is 1. The summed E-state index contributed by atoms with van der Waals surface area (Å²) in [7, 11) is 0. The molecule has 26 heavy (non-hydrogen) atoms. The molecule has 1 fully saturated rings. The second-order valence-corrected chi connectivity index (χ2v) is 6.92. The zero-order valence-corrected chi connectivity index (χ0v) is 14.6. The van der Waals surface area contributed by atoms with Gasteiger partial charge in [-0.15, -0.1) is 0 Å². The van der Waals surface area contributed by atoms with Crippen LogP contribution in [0.15, 0.2) is 67.3 Å². The predicted molar refractivity (Wildman–Crippen MR) is 100 cm³/mol. The van der Waals surface area contributed by atoms with Gasteiger partial charge in [0.25, 0.3) is 5.91 Å². The molecule has 3 aromatic rings. The van der Waals surface area contributed by atoms with E-state index in [4.69, 9.17) is 0 Å². The minimum absolute atomic E-state index is 0.0302. The van der Waals surface area contributed by atoms with Gasteiger partial charge in [-0.05, 0) is 42.7 Å². The SMILES string of the molecule is O=C(NCC1(c2ccccc2)CCCC1)c1ccc(-n2cncn2)cc1. The first-order valence-electron chi connectivity index (χ1n) is 9.06. The summed E-state index contributed by atoms with van der Waals surface area (Å²) in [6, 6.07) is 18.0. The van der Waals surface area contributed by atoms with E-state index in [-0.39, 0.29) is 11.3 Å². The molecule has 1 amide bonds. The molecule has 0 unspecified atom stereocenters. The van der Waals surface area contributed by atoms with Crippen molar-refractivity contribution in [1.29, 1.82) is 0 Å². The molecule has 0 bridgehead atoms. The Morgan fingerprint density at radius 3 is 2.42 bits per heavy atom. The fraction of sp³-hybridized carbons (Fsp3) is 0.286. The number of benzene rings is 2. The zero-order valence-electron chi connectivity index (χ0n) is 14.6. The number of aromatic nitrogens is 3. The third kappa shape index (κ3) is 3.25. The normalized spacial score (nSPS) is 15.7. The van der Waals surface area contributed by atoms with Crippen molar-refractivity contribution in [3.05, 3.63) is 78.4 Å². The maximum atomic E-state index is 12.6. The average Bonchev–Trinajstić information content (AvgIpc) is 3.40. The monoisotopic (exact) mass is 346 g/mol. The molecule has 2 aromatic carbocycles. The Morgan fingerprint density at radius 2 is 1.77 bits per heavy atom. The lowest BCUT2D eigenvalue weighted by Gasteiger charge is -2.30. The Morgan fingerprint density at radius 1 is 1.04 bits per heavy atom. The summed E-state index contributed by atoms with van der Waals surface area (Å²) in [5.74, 6) is -0.0302. The van der Waals surface area contributed by atoms with Crippen molar-refractivity contribution in [3.8, 4) is 5.69 Å². The van der Waals surface area contributed by atoms with E-state index in [1.54, 1.807) is 11.0 Å². The number of rotatable bonds is 5. The molecular weight excluding hydrogens is 324 g/mol. The zero-order chi connectivity index (χ0) is 17.8. The van der Waals surface area contributed by atoms with E-state index in [1.807, 2.05) is 30.3 Å². The first-order valence-corrected chi connectivity index (χ1v) is 9.06. The predicted octanol–water partition coefficient (Wildman–Crippen LogP) is 3.51. The van der Waals surface area contributed by atoms with Crippen LogP contribution in [0.25, 0.3) is 5.69 Å². The highest BCUT2D eigenvalue weighted by Crippen LogP contribution is 2.40. The number of nitrogens with one attached hydrogen (secondary N) is 1. The van der Waals surface area contributed by atoms with Crippen LogP contribution in [0.5, 0.6) is 0 Å². The van der Waals surface area contributed by atoms with Crippen LogP contribution in [-0.2, 0) is 5.41 Å². The van der Waals surface area contributed by atoms with Gasteiger partial charge in [-0.25, -0.2) is 9.67 Å². The Bertz CT molecular complexity index is 851. The molecule has 1 aromatic heterocycles. The summed E-state index contributed by atoms with van der Waals surface area (Å²) in [4.78, 5) is 16.6. The maximum Gasteiger partial charge on any atom is 0.251 e. The van der Waals surface area contributed by atoms with Gasteiger partial charge in [-0.3, -0.25) is 4.79 Å². The Kier molecular flexibility index (Phi) is 4.52. The van der Waals surface area contributed by atoms with Gasteiger partial charge in [0.2, 0.25) is 0 Å². The van der Waals surface area contributed by atoms with Crippen molar-refractivity contribution < 1.29 is 4.79 Å². The highest BCUT2D eigenvalue weighted by Gasteiger charge is 2.35. The maximum absolute atomic E-state index is 12.6. The van der Waals surface area contributed by atoms with Gasteiger partial charge in [0, 0.05) is 17.5 Å². The van der Waals surface area contributed by atoms with Crippen LogP contribution in [0.3, 0.4) is 0 Å². The average molecular weight is 346 g/mol. The number of hydrogen-bond acceptors (Lipinski definition) is 3. The molecule has 0 spiro atoms. The van der Waals surface area contributed by atoms with Gasteiger partial charge in [-0.2, -0.15) is 5.10 Å². The van der Waals surface area contributed by atoms with E-state index in [0.29, 0.717) is 12.1 Å². The van der Waals surface area contributed by atoms with Crippen LogP contribution in [0.1, 0.15) is 41.6 Å². The van der Waals surface area contributed by atoms with Crippen molar-refractivity contribution >= 4 is 5.91 Å². The van der Waals surface area contributed by atoms with Crippen LogP contribution >= 0.6 is 0 Å². The topological polar surface area (TPSA) is 59.8 Å². The van der Waals surface area contributed by atoms with E-state index in [9.17, 15) is 4.79 Å². The van der Waals surface area contributed by atoms with Gasteiger partial charge in [0.05, 0.1) is 5.69 Å². The first kappa shape index (κ1) is 16.5. The summed E-state index contributed by atoms with van der Waals surface area (Å²) in [5, 5.41) is 7.26. The molecule has 1 aliphatic rings. The van der Waals surface area contributed by atoms with E-state index >= 15 is 0 Å². The molecule has 5 nitrogen and oxygen atoms in total. The largest absolute Gasteiger partial charge is 0.351 e. The molecule has 0 aliphatic heterocycles. The Labute approximate surface area is 153 Å². The molecular formula is C21H22N4O. The van der Waals surface area contributed by atoms with E-state index < -0.39 is 0 Å². The van der Waals surface area contributed by atoms with Crippen LogP contribution in [-0.4, -0.2) is 27.2 Å². The Balaban J connectivity index is 1.46. The van der Waals surface area contributed by atoms with E-state index in [0.717, 1.165) is 18.5 Å². The standard InChI is InChI=1S/C21H22N4O/c26-20(17-8-10-19(11-9-17)25-16-22-15-24-25)23-14-21(12-4-5-13-21)18-6-2-1-3-7-18/h1-3,6-11,15-16H,4-5,12-14H2,(H,23,26). The fourth-order valence-electron chi connectivity index (χ4n) is 3.87. The van der Waals surface area contributed by atoms with Crippen LogP contribution in [0, 0.1) is 0 Å². The van der Waals surface area contributed by atoms with Crippen molar-refractivity contribution in [2.24, 2.45) is 0 Å². The second-order valence-electron chi connectivity index (χ2n) is 6.92. The highest BCUT2D eigenvalue weighted by molar-refractivity contribution is 5.94. The van der Waals surface area contributed by atoms with Gasteiger partial charge in [0.1, 0.15) is 12.7 Å². The van der Waals surface area contributed by atoms with Gasteiger partial charge >= 0.3 is 0 Å². The molecule has 132 valence electrons. The van der Waals surface area contributed by atoms with E-state index in [2.05, 4.69) is 39.7 Å². The number of nitrogens with zero attached hydrogens (tertiary/aromatic N) is 3. The van der Waals surface area contributed by atoms with Crippen molar-refractivity contribution in [2.75, 3.05) is 6.54 Å². The highest BCUT2D eigenvalue weighted by atomic mass is 16.1. The molecule has 1 saturated carbocycles. The van der Waals surface area contributed by atoms with Gasteiger partial charge in [0.15, 0.2) is 0 Å². The minimum Gasteiger partial charge on any atom is -0.351 e. The summed E-state index contributed by atoms with van der Waals surface area (Å²) < 4.78 is 1.67. The summed E-state index contributed by atoms with van der Waals surface area (Å²) in [6.45, 7) is 0.681. The van der Waals surface area contributed by atoms with Crippen LogP contribution in [0.2, 0.25) is 0 Å². The smallest absolute Gasteiger partial charge is 0.251 e. The van der Waals surface area contributed by atoms with E-state index in [1.165, 1.54) is 24.7 Å².